The molecule has 2 aromatic heterocycles. The number of amides is 2. The number of fused-ring (bicyclic) bond motifs is 1. The molecule has 6 rings (SSSR count). The summed E-state index contributed by atoms with van der Waals surface area (Å²) in [5.74, 6) is 0.597. The highest BCUT2D eigenvalue weighted by Crippen LogP contribution is 2.35. The zero-order chi connectivity index (χ0) is 27.8. The van der Waals surface area contributed by atoms with Gasteiger partial charge in [0, 0.05) is 75.1 Å². The maximum absolute atomic E-state index is 12.8. The smallest absolute Gasteiger partial charge is 0.252 e. The predicted molar refractivity (Wildman–Crippen MR) is 153 cm³/mol. The van der Waals surface area contributed by atoms with Gasteiger partial charge in [0.25, 0.3) is 5.91 Å². The van der Waals surface area contributed by atoms with Gasteiger partial charge in [-0.2, -0.15) is 5.10 Å². The van der Waals surface area contributed by atoms with Gasteiger partial charge >= 0.3 is 0 Å². The van der Waals surface area contributed by atoms with E-state index < -0.39 is 0 Å². The van der Waals surface area contributed by atoms with Crippen molar-refractivity contribution in [3.8, 4) is 11.1 Å². The Labute approximate surface area is 234 Å². The third-order valence-corrected chi connectivity index (χ3v) is 8.09. The van der Waals surface area contributed by atoms with Crippen LogP contribution < -0.4 is 11.1 Å². The summed E-state index contributed by atoms with van der Waals surface area (Å²) in [4.78, 5) is 36.2. The van der Waals surface area contributed by atoms with Gasteiger partial charge in [0.15, 0.2) is 0 Å². The van der Waals surface area contributed by atoms with Crippen LogP contribution in [0.1, 0.15) is 46.2 Å². The molecule has 0 radical (unpaired) electrons. The van der Waals surface area contributed by atoms with Crippen LogP contribution in [0.25, 0.3) is 16.7 Å². The highest BCUT2D eigenvalue weighted by atomic mass is 16.2. The second-order valence-electron chi connectivity index (χ2n) is 11.2. The lowest BCUT2D eigenvalue weighted by atomic mass is 9.91. The van der Waals surface area contributed by atoms with Gasteiger partial charge in [0.1, 0.15) is 12.7 Å². The van der Waals surface area contributed by atoms with E-state index >= 15 is 0 Å². The van der Waals surface area contributed by atoms with Crippen molar-refractivity contribution in [1.29, 1.82) is 0 Å². The number of likely N-dealkylation sites (N-methyl/N-ethyl adjacent to an activating group) is 1. The summed E-state index contributed by atoms with van der Waals surface area (Å²) in [5, 5.41) is 7.47. The van der Waals surface area contributed by atoms with Crippen LogP contribution in [0.4, 0.5) is 0 Å². The Balaban J connectivity index is 1.19. The number of carbonyl (C=O) groups excluding carboxylic acids is 2. The molecular formula is C30H36N8O2. The van der Waals surface area contributed by atoms with Crippen LogP contribution in [0.5, 0.6) is 0 Å². The van der Waals surface area contributed by atoms with Gasteiger partial charge in [-0.05, 0) is 43.0 Å². The van der Waals surface area contributed by atoms with Crippen LogP contribution >= 0.6 is 0 Å². The molecule has 0 bridgehead atoms. The highest BCUT2D eigenvalue weighted by molar-refractivity contribution is 5.96. The van der Waals surface area contributed by atoms with E-state index in [0.717, 1.165) is 59.7 Å². The molecular weight excluding hydrogens is 504 g/mol. The summed E-state index contributed by atoms with van der Waals surface area (Å²) in [6, 6.07) is 10.1. The molecule has 1 unspecified atom stereocenters. The van der Waals surface area contributed by atoms with E-state index in [9.17, 15) is 9.59 Å². The molecule has 208 valence electrons. The molecule has 2 fully saturated rings. The molecule has 10 nitrogen and oxygen atoms in total. The summed E-state index contributed by atoms with van der Waals surface area (Å²) in [7, 11) is 4.00. The fourth-order valence-electron chi connectivity index (χ4n) is 5.22. The van der Waals surface area contributed by atoms with Crippen LogP contribution in [-0.2, 0) is 11.3 Å². The number of hydrogen-bond acceptors (Lipinski definition) is 7. The molecule has 1 atom stereocenters. The van der Waals surface area contributed by atoms with Crippen molar-refractivity contribution in [2.24, 2.45) is 11.7 Å². The third-order valence-electron chi connectivity index (χ3n) is 8.09. The Hall–Kier alpha value is -4.02. The first kappa shape index (κ1) is 26.2. The van der Waals surface area contributed by atoms with Crippen LogP contribution in [0.15, 0.2) is 55.1 Å². The van der Waals surface area contributed by atoms with Gasteiger partial charge in [-0.3, -0.25) is 19.3 Å². The quantitative estimate of drug-likeness (QED) is 0.472. The lowest BCUT2D eigenvalue weighted by Gasteiger charge is -2.32. The average molecular weight is 541 g/mol. The Bertz CT molecular complexity index is 1430. The normalized spacial score (nSPS) is 19.3. The van der Waals surface area contributed by atoms with Crippen molar-refractivity contribution in [2.45, 2.75) is 25.6 Å². The average Bonchev–Trinajstić information content (AvgIpc) is 3.69. The van der Waals surface area contributed by atoms with Crippen molar-refractivity contribution in [2.75, 3.05) is 46.8 Å². The number of nitrogens with zero attached hydrogens (tertiary/aromatic N) is 6. The van der Waals surface area contributed by atoms with E-state index in [1.165, 1.54) is 12.8 Å². The van der Waals surface area contributed by atoms with Crippen LogP contribution in [0.2, 0.25) is 0 Å². The topological polar surface area (TPSA) is 113 Å². The van der Waals surface area contributed by atoms with Crippen molar-refractivity contribution in [3.05, 3.63) is 77.5 Å². The Morgan fingerprint density at radius 1 is 1.00 bits per heavy atom. The molecule has 1 saturated heterocycles. The minimum absolute atomic E-state index is 0.0949. The molecule has 3 N–H and O–H groups in total. The van der Waals surface area contributed by atoms with Gasteiger partial charge < -0.3 is 25.8 Å². The zero-order valence-electron chi connectivity index (χ0n) is 23.1. The lowest BCUT2D eigenvalue weighted by Crippen LogP contribution is -2.48. The molecule has 2 amide bonds. The molecule has 4 heterocycles. The van der Waals surface area contributed by atoms with Crippen molar-refractivity contribution in [3.63, 3.8) is 0 Å². The number of benzene rings is 1. The van der Waals surface area contributed by atoms with Gasteiger partial charge in [0.2, 0.25) is 5.91 Å². The SMILES string of the molecule is CN1CCN(C(=O)Cn2cc(-c3ccc(C4=CN(C)C(N)c5ncc(C(=O)NCC6CC6)cc54)cc3)cn2)CC1. The Morgan fingerprint density at radius 3 is 2.45 bits per heavy atom. The molecule has 1 saturated carbocycles. The van der Waals surface area contributed by atoms with Gasteiger partial charge in [0.05, 0.1) is 17.5 Å². The van der Waals surface area contributed by atoms with Gasteiger partial charge in [-0.25, -0.2) is 0 Å². The number of carbonyl (C=O) groups is 2. The highest BCUT2D eigenvalue weighted by Gasteiger charge is 2.27. The predicted octanol–water partition coefficient (Wildman–Crippen LogP) is 2.15. The van der Waals surface area contributed by atoms with Gasteiger partial charge in [-0.15, -0.1) is 0 Å². The molecule has 40 heavy (non-hydrogen) atoms. The minimum Gasteiger partial charge on any atom is -0.360 e. The van der Waals surface area contributed by atoms with E-state index in [1.54, 1.807) is 17.1 Å². The molecule has 0 spiro atoms. The molecule has 1 aromatic carbocycles. The number of aromatic nitrogens is 3. The van der Waals surface area contributed by atoms with Crippen molar-refractivity contribution < 1.29 is 9.59 Å². The van der Waals surface area contributed by atoms with Gasteiger partial charge in [-0.1, -0.05) is 24.3 Å². The van der Waals surface area contributed by atoms with E-state index in [2.05, 4.69) is 39.5 Å². The van der Waals surface area contributed by atoms with Crippen molar-refractivity contribution in [1.82, 2.24) is 34.8 Å². The molecule has 3 aromatic rings. The lowest BCUT2D eigenvalue weighted by molar-refractivity contribution is -0.133. The van der Waals surface area contributed by atoms with Crippen LogP contribution in [0.3, 0.4) is 0 Å². The zero-order valence-corrected chi connectivity index (χ0v) is 23.1. The summed E-state index contributed by atoms with van der Waals surface area (Å²) in [6.07, 6.45) is 9.32. The monoisotopic (exact) mass is 540 g/mol. The summed E-state index contributed by atoms with van der Waals surface area (Å²) in [6.45, 7) is 4.26. The number of nitrogens with two attached hydrogens (primary N) is 1. The Morgan fingerprint density at radius 2 is 1.73 bits per heavy atom. The second-order valence-corrected chi connectivity index (χ2v) is 11.2. The number of hydrogen-bond donors (Lipinski definition) is 2. The maximum atomic E-state index is 12.8. The van der Waals surface area contributed by atoms with Crippen LogP contribution in [0, 0.1) is 5.92 Å². The fraction of sp³-hybridized carbons (Fsp3) is 0.400. The molecule has 1 aliphatic carbocycles. The number of pyridine rings is 1. The second kappa shape index (κ2) is 10.9. The number of piperazine rings is 1. The van der Waals surface area contributed by atoms with E-state index in [0.29, 0.717) is 18.0 Å². The molecule has 10 heteroatoms. The summed E-state index contributed by atoms with van der Waals surface area (Å²) < 4.78 is 1.71. The molecule has 2 aliphatic heterocycles. The first-order valence-corrected chi connectivity index (χ1v) is 13.9. The Kier molecular flexibility index (Phi) is 7.12. The molecule has 3 aliphatic rings. The first-order chi connectivity index (χ1) is 19.4. The number of nitrogens with one attached hydrogen (secondary N) is 1. The van der Waals surface area contributed by atoms with E-state index in [1.807, 2.05) is 47.4 Å². The minimum atomic E-state index is -0.388. The van der Waals surface area contributed by atoms with Crippen LogP contribution in [-0.4, -0.2) is 88.1 Å². The summed E-state index contributed by atoms with van der Waals surface area (Å²) >= 11 is 0. The largest absolute Gasteiger partial charge is 0.360 e. The van der Waals surface area contributed by atoms with Crippen molar-refractivity contribution >= 4 is 17.4 Å². The van der Waals surface area contributed by atoms with E-state index in [-0.39, 0.29) is 24.5 Å². The first-order valence-electron chi connectivity index (χ1n) is 13.9. The number of rotatable bonds is 7. The summed E-state index contributed by atoms with van der Waals surface area (Å²) in [5.41, 5.74) is 12.5. The van der Waals surface area contributed by atoms with E-state index in [4.69, 9.17) is 5.73 Å². The maximum Gasteiger partial charge on any atom is 0.252 e. The fourth-order valence-corrected chi connectivity index (χ4v) is 5.22. The standard InChI is InChI=1S/C30H36N8O2/c1-35-9-11-37(12-10-35)27(39)19-38-17-24(16-34-38)21-5-7-22(8-6-21)26-18-36(2)29(31)28-25(26)13-23(15-32-28)30(40)33-14-20-3-4-20/h5-8,13,15-18,20,29H,3-4,9-12,14,19,31H2,1-2H3,(H,33,40). The third kappa shape index (κ3) is 5.50.